The van der Waals surface area contributed by atoms with E-state index in [4.69, 9.17) is 5.73 Å². The Balaban J connectivity index is 1.87. The molecule has 0 amide bonds. The molecule has 0 radical (unpaired) electrons. The number of hydrogen-bond acceptors (Lipinski definition) is 4. The predicted octanol–water partition coefficient (Wildman–Crippen LogP) is 2.02. The van der Waals surface area contributed by atoms with Crippen LogP contribution >= 0.6 is 11.3 Å². The van der Waals surface area contributed by atoms with E-state index in [9.17, 15) is 0 Å². The van der Waals surface area contributed by atoms with Crippen LogP contribution in [0.3, 0.4) is 0 Å². The minimum absolute atomic E-state index is 0.363. The molecule has 1 saturated heterocycles. The predicted molar refractivity (Wildman–Crippen MR) is 68.6 cm³/mol. The number of aromatic nitrogens is 1. The summed E-state index contributed by atoms with van der Waals surface area (Å²) in [6.07, 6.45) is 4.70. The molecule has 0 bridgehead atoms. The van der Waals surface area contributed by atoms with Gasteiger partial charge in [0, 0.05) is 24.5 Å². The van der Waals surface area contributed by atoms with Gasteiger partial charge < -0.3 is 5.73 Å². The molecule has 0 saturated carbocycles. The van der Waals surface area contributed by atoms with Crippen molar-refractivity contribution >= 4 is 11.3 Å². The second kappa shape index (κ2) is 5.75. The van der Waals surface area contributed by atoms with Crippen LogP contribution in [0, 0.1) is 0 Å². The topological polar surface area (TPSA) is 42.2 Å². The smallest absolute Gasteiger partial charge is 0.0928 e. The van der Waals surface area contributed by atoms with E-state index in [2.05, 4.69) is 22.2 Å². The van der Waals surface area contributed by atoms with Crippen molar-refractivity contribution in [1.82, 2.24) is 9.88 Å². The number of nitrogens with two attached hydrogens (primary N) is 1. The number of hydrogen-bond donors (Lipinski definition) is 1. The van der Waals surface area contributed by atoms with E-state index in [0.717, 1.165) is 19.5 Å². The lowest BCUT2D eigenvalue weighted by atomic mass is 10.1. The summed E-state index contributed by atoms with van der Waals surface area (Å²) in [5.74, 6) is 0. The third-order valence-electron chi connectivity index (χ3n) is 2.99. The number of thiazole rings is 1. The Morgan fingerprint density at radius 3 is 3.25 bits per heavy atom. The maximum Gasteiger partial charge on any atom is 0.0928 e. The molecule has 3 nitrogen and oxygen atoms in total. The Hall–Kier alpha value is -0.450. The molecule has 2 rings (SSSR count). The summed E-state index contributed by atoms with van der Waals surface area (Å²) in [6, 6.07) is 0.363. The van der Waals surface area contributed by atoms with Crippen LogP contribution in [0.25, 0.3) is 0 Å². The first-order chi connectivity index (χ1) is 7.78. The van der Waals surface area contributed by atoms with Gasteiger partial charge in [0.1, 0.15) is 0 Å². The van der Waals surface area contributed by atoms with Gasteiger partial charge in [0.05, 0.1) is 10.7 Å². The van der Waals surface area contributed by atoms with E-state index in [1.54, 1.807) is 11.3 Å². The number of aryl methyl sites for hydroxylation is 1. The second-order valence-electron chi connectivity index (χ2n) is 4.62. The van der Waals surface area contributed by atoms with Crippen molar-refractivity contribution in [3.63, 3.8) is 0 Å². The zero-order chi connectivity index (χ0) is 11.4. The van der Waals surface area contributed by atoms with Crippen molar-refractivity contribution in [2.45, 2.75) is 45.2 Å². The lowest BCUT2D eigenvalue weighted by Crippen LogP contribution is -2.42. The van der Waals surface area contributed by atoms with Gasteiger partial charge in [-0.1, -0.05) is 6.92 Å². The Morgan fingerprint density at radius 1 is 1.62 bits per heavy atom. The summed E-state index contributed by atoms with van der Waals surface area (Å²) in [5.41, 5.74) is 7.20. The molecule has 1 aromatic rings. The van der Waals surface area contributed by atoms with Gasteiger partial charge in [-0.3, -0.25) is 4.90 Å². The molecule has 0 aliphatic carbocycles. The van der Waals surface area contributed by atoms with E-state index in [1.165, 1.54) is 36.5 Å². The molecule has 1 aromatic heterocycles. The molecule has 1 fully saturated rings. The maximum absolute atomic E-state index is 5.97. The van der Waals surface area contributed by atoms with Crippen molar-refractivity contribution in [1.29, 1.82) is 0 Å². The highest BCUT2D eigenvalue weighted by molar-refractivity contribution is 7.09. The quantitative estimate of drug-likeness (QED) is 0.874. The van der Waals surface area contributed by atoms with Crippen LogP contribution < -0.4 is 5.73 Å². The monoisotopic (exact) mass is 239 g/mol. The first kappa shape index (κ1) is 12.0. The molecule has 16 heavy (non-hydrogen) atoms. The van der Waals surface area contributed by atoms with Gasteiger partial charge in [-0.15, -0.1) is 11.3 Å². The number of likely N-dealkylation sites (tertiary alicyclic amines) is 1. The van der Waals surface area contributed by atoms with Crippen molar-refractivity contribution in [2.75, 3.05) is 13.1 Å². The van der Waals surface area contributed by atoms with Crippen LogP contribution in [0.4, 0.5) is 0 Å². The summed E-state index contributed by atoms with van der Waals surface area (Å²) in [6.45, 7) is 5.38. The van der Waals surface area contributed by atoms with Crippen LogP contribution in [0.15, 0.2) is 5.38 Å². The molecule has 90 valence electrons. The van der Waals surface area contributed by atoms with Crippen molar-refractivity contribution < 1.29 is 0 Å². The lowest BCUT2D eigenvalue weighted by Gasteiger charge is -2.29. The van der Waals surface area contributed by atoms with Crippen molar-refractivity contribution in [3.8, 4) is 0 Å². The fourth-order valence-electron chi connectivity index (χ4n) is 2.21. The van der Waals surface area contributed by atoms with Gasteiger partial charge in [-0.2, -0.15) is 0 Å². The first-order valence-electron chi connectivity index (χ1n) is 6.19. The van der Waals surface area contributed by atoms with Crippen LogP contribution in [0.2, 0.25) is 0 Å². The van der Waals surface area contributed by atoms with Crippen LogP contribution in [-0.4, -0.2) is 29.0 Å². The highest BCUT2D eigenvalue weighted by Crippen LogP contribution is 2.16. The second-order valence-corrected chi connectivity index (χ2v) is 5.56. The average Bonchev–Trinajstić information content (AvgIpc) is 2.66. The fourth-order valence-corrected chi connectivity index (χ4v) is 3.11. The Kier molecular flexibility index (Phi) is 4.32. The normalized spacial score (nSPS) is 22.5. The summed E-state index contributed by atoms with van der Waals surface area (Å²) < 4.78 is 0. The van der Waals surface area contributed by atoms with Gasteiger partial charge in [-0.05, 0) is 32.2 Å². The molecule has 1 aliphatic rings. The van der Waals surface area contributed by atoms with E-state index < -0.39 is 0 Å². The fraction of sp³-hybridized carbons (Fsp3) is 0.750. The standard InChI is InChI=1S/C12H21N3S/c1-2-4-12-14-11(9-16-12)8-15-6-3-5-10(13)7-15/h9-10H,2-8,13H2,1H3/t10-/m1/s1. The van der Waals surface area contributed by atoms with Gasteiger partial charge in [0.2, 0.25) is 0 Å². The van der Waals surface area contributed by atoms with E-state index in [0.29, 0.717) is 6.04 Å². The Labute approximate surface area is 102 Å². The van der Waals surface area contributed by atoms with Crippen LogP contribution in [-0.2, 0) is 13.0 Å². The van der Waals surface area contributed by atoms with Crippen molar-refractivity contribution in [3.05, 3.63) is 16.1 Å². The minimum Gasteiger partial charge on any atom is -0.327 e. The zero-order valence-electron chi connectivity index (χ0n) is 9.98. The highest BCUT2D eigenvalue weighted by Gasteiger charge is 2.17. The molecule has 2 heterocycles. The number of rotatable bonds is 4. The van der Waals surface area contributed by atoms with Crippen LogP contribution in [0.5, 0.6) is 0 Å². The summed E-state index contributed by atoms with van der Waals surface area (Å²) >= 11 is 1.79. The largest absolute Gasteiger partial charge is 0.327 e. The van der Waals surface area contributed by atoms with Gasteiger partial charge in [0.25, 0.3) is 0 Å². The van der Waals surface area contributed by atoms with Gasteiger partial charge in [-0.25, -0.2) is 4.98 Å². The lowest BCUT2D eigenvalue weighted by molar-refractivity contribution is 0.199. The molecule has 1 aliphatic heterocycles. The molecule has 0 spiro atoms. The molecule has 1 atom stereocenters. The third kappa shape index (κ3) is 3.27. The average molecular weight is 239 g/mol. The Morgan fingerprint density at radius 2 is 2.50 bits per heavy atom. The van der Waals surface area contributed by atoms with E-state index >= 15 is 0 Å². The molecular formula is C12H21N3S. The summed E-state index contributed by atoms with van der Waals surface area (Å²) in [4.78, 5) is 7.08. The maximum atomic E-state index is 5.97. The van der Waals surface area contributed by atoms with Gasteiger partial charge >= 0.3 is 0 Å². The molecule has 4 heteroatoms. The molecule has 0 unspecified atom stereocenters. The Bertz CT molecular complexity index is 324. The van der Waals surface area contributed by atoms with Crippen LogP contribution in [0.1, 0.15) is 36.9 Å². The van der Waals surface area contributed by atoms with E-state index in [1.807, 2.05) is 0 Å². The third-order valence-corrected chi connectivity index (χ3v) is 3.95. The summed E-state index contributed by atoms with van der Waals surface area (Å²) in [7, 11) is 0. The first-order valence-corrected chi connectivity index (χ1v) is 7.07. The molecule has 0 aromatic carbocycles. The number of nitrogens with zero attached hydrogens (tertiary/aromatic N) is 2. The number of piperidine rings is 1. The van der Waals surface area contributed by atoms with E-state index in [-0.39, 0.29) is 0 Å². The van der Waals surface area contributed by atoms with Crippen molar-refractivity contribution in [2.24, 2.45) is 5.73 Å². The van der Waals surface area contributed by atoms with Gasteiger partial charge in [0.15, 0.2) is 0 Å². The molecular weight excluding hydrogens is 218 g/mol. The highest BCUT2D eigenvalue weighted by atomic mass is 32.1. The summed E-state index contributed by atoms with van der Waals surface area (Å²) in [5, 5.41) is 3.48. The SMILES string of the molecule is CCCc1nc(CN2CCC[C@@H](N)C2)cs1. The minimum atomic E-state index is 0.363. The molecule has 2 N–H and O–H groups in total. The zero-order valence-corrected chi connectivity index (χ0v) is 10.8.